The van der Waals surface area contributed by atoms with Crippen LogP contribution in [0.3, 0.4) is 0 Å². The Hall–Kier alpha value is -2.37. The van der Waals surface area contributed by atoms with Crippen molar-refractivity contribution in [3.8, 4) is 0 Å². The molecule has 0 unspecified atom stereocenters. The SMILES string of the molecule is CCOC(=O)CCC(=O)Nc1cccc(C(=O)OCC)c1. The minimum absolute atomic E-state index is 0.0250. The third-order valence-corrected chi connectivity index (χ3v) is 2.52. The molecule has 6 heteroatoms. The van der Waals surface area contributed by atoms with E-state index in [1.807, 2.05) is 0 Å². The largest absolute Gasteiger partial charge is 0.466 e. The minimum atomic E-state index is -0.444. The lowest BCUT2D eigenvalue weighted by Gasteiger charge is -2.07. The van der Waals surface area contributed by atoms with E-state index in [1.165, 1.54) is 6.07 Å². The molecular weight excluding hydrogens is 274 g/mol. The molecular formula is C15H19NO5. The van der Waals surface area contributed by atoms with Crippen LogP contribution in [0, 0.1) is 0 Å². The molecule has 1 aromatic rings. The van der Waals surface area contributed by atoms with Crippen LogP contribution in [0.1, 0.15) is 37.0 Å². The summed E-state index contributed by atoms with van der Waals surface area (Å²) in [6.45, 7) is 4.01. The molecule has 0 aliphatic carbocycles. The van der Waals surface area contributed by atoms with Crippen LogP contribution in [-0.4, -0.2) is 31.1 Å². The fraction of sp³-hybridized carbons (Fsp3) is 0.400. The van der Waals surface area contributed by atoms with Gasteiger partial charge in [0.2, 0.25) is 5.91 Å². The van der Waals surface area contributed by atoms with Crippen molar-refractivity contribution in [3.63, 3.8) is 0 Å². The first kappa shape index (κ1) is 16.7. The van der Waals surface area contributed by atoms with Crippen LogP contribution >= 0.6 is 0 Å². The molecule has 0 bridgehead atoms. The number of rotatable bonds is 7. The second kappa shape index (κ2) is 8.73. The van der Waals surface area contributed by atoms with E-state index in [4.69, 9.17) is 9.47 Å². The first-order valence-electron chi connectivity index (χ1n) is 6.79. The molecule has 0 aliphatic heterocycles. The van der Waals surface area contributed by atoms with Gasteiger partial charge in [0.15, 0.2) is 0 Å². The number of hydrogen-bond donors (Lipinski definition) is 1. The molecule has 1 aromatic carbocycles. The van der Waals surface area contributed by atoms with E-state index in [0.29, 0.717) is 17.9 Å². The molecule has 6 nitrogen and oxygen atoms in total. The number of hydrogen-bond acceptors (Lipinski definition) is 5. The highest BCUT2D eigenvalue weighted by atomic mass is 16.5. The van der Waals surface area contributed by atoms with Gasteiger partial charge in [-0.1, -0.05) is 6.07 Å². The van der Waals surface area contributed by atoms with Gasteiger partial charge in [0.1, 0.15) is 0 Å². The van der Waals surface area contributed by atoms with Crippen molar-refractivity contribution >= 4 is 23.5 Å². The van der Waals surface area contributed by atoms with E-state index in [9.17, 15) is 14.4 Å². The zero-order valence-electron chi connectivity index (χ0n) is 12.2. The molecule has 1 amide bonds. The average molecular weight is 293 g/mol. The monoisotopic (exact) mass is 293 g/mol. The normalized spacial score (nSPS) is 9.81. The number of benzene rings is 1. The van der Waals surface area contributed by atoms with E-state index in [0.717, 1.165) is 0 Å². The molecule has 0 saturated heterocycles. The smallest absolute Gasteiger partial charge is 0.338 e. The van der Waals surface area contributed by atoms with Crippen molar-refractivity contribution in [1.29, 1.82) is 0 Å². The summed E-state index contributed by atoms with van der Waals surface area (Å²) in [5.74, 6) is -1.17. The van der Waals surface area contributed by atoms with E-state index in [2.05, 4.69) is 5.32 Å². The molecule has 114 valence electrons. The van der Waals surface area contributed by atoms with E-state index in [1.54, 1.807) is 32.0 Å². The van der Waals surface area contributed by atoms with Crippen molar-refractivity contribution in [2.45, 2.75) is 26.7 Å². The number of carbonyl (C=O) groups is 3. The van der Waals surface area contributed by atoms with Crippen molar-refractivity contribution < 1.29 is 23.9 Å². The second-order valence-corrected chi connectivity index (χ2v) is 4.15. The summed E-state index contributed by atoms with van der Waals surface area (Å²) in [4.78, 5) is 34.4. The predicted octanol–water partition coefficient (Wildman–Crippen LogP) is 2.15. The topological polar surface area (TPSA) is 81.7 Å². The molecule has 0 aliphatic rings. The molecule has 1 rings (SSSR count). The van der Waals surface area contributed by atoms with E-state index in [-0.39, 0.29) is 25.4 Å². The lowest BCUT2D eigenvalue weighted by molar-refractivity contribution is -0.144. The first-order valence-corrected chi connectivity index (χ1v) is 6.79. The van der Waals surface area contributed by atoms with Gasteiger partial charge in [-0.3, -0.25) is 9.59 Å². The van der Waals surface area contributed by atoms with Gasteiger partial charge < -0.3 is 14.8 Å². The van der Waals surface area contributed by atoms with Gasteiger partial charge >= 0.3 is 11.9 Å². The highest BCUT2D eigenvalue weighted by Gasteiger charge is 2.10. The Kier molecular flexibility index (Phi) is 6.94. The lowest BCUT2D eigenvalue weighted by Crippen LogP contribution is -2.15. The first-order chi connectivity index (χ1) is 10.1. The van der Waals surface area contributed by atoms with Crippen molar-refractivity contribution in [2.75, 3.05) is 18.5 Å². The van der Waals surface area contributed by atoms with Crippen LogP contribution in [0.5, 0.6) is 0 Å². The lowest BCUT2D eigenvalue weighted by atomic mass is 10.2. The Morgan fingerprint density at radius 2 is 1.76 bits per heavy atom. The van der Waals surface area contributed by atoms with Crippen LogP contribution in [0.15, 0.2) is 24.3 Å². The molecule has 0 aromatic heterocycles. The zero-order chi connectivity index (χ0) is 15.7. The van der Waals surface area contributed by atoms with Gasteiger partial charge in [0.25, 0.3) is 0 Å². The average Bonchev–Trinajstić information content (AvgIpc) is 2.46. The molecule has 0 saturated carbocycles. The summed E-state index contributed by atoms with van der Waals surface area (Å²) >= 11 is 0. The van der Waals surface area contributed by atoms with Crippen LogP contribution in [0.25, 0.3) is 0 Å². The fourth-order valence-electron chi connectivity index (χ4n) is 1.61. The van der Waals surface area contributed by atoms with Gasteiger partial charge in [-0.05, 0) is 32.0 Å². The Bertz CT molecular complexity index is 513. The number of carbonyl (C=O) groups excluding carboxylic acids is 3. The Balaban J connectivity index is 2.54. The van der Waals surface area contributed by atoms with Gasteiger partial charge in [0, 0.05) is 12.1 Å². The van der Waals surface area contributed by atoms with Gasteiger partial charge in [-0.25, -0.2) is 4.79 Å². The van der Waals surface area contributed by atoms with Gasteiger partial charge in [-0.2, -0.15) is 0 Å². The fourth-order valence-corrected chi connectivity index (χ4v) is 1.61. The zero-order valence-corrected chi connectivity index (χ0v) is 12.2. The third kappa shape index (κ3) is 6.07. The van der Waals surface area contributed by atoms with E-state index < -0.39 is 11.9 Å². The highest BCUT2D eigenvalue weighted by molar-refractivity contribution is 5.95. The summed E-state index contributed by atoms with van der Waals surface area (Å²) in [5, 5.41) is 2.62. The minimum Gasteiger partial charge on any atom is -0.466 e. The molecule has 21 heavy (non-hydrogen) atoms. The number of nitrogens with one attached hydrogen (secondary N) is 1. The van der Waals surface area contributed by atoms with Crippen molar-refractivity contribution in [1.82, 2.24) is 0 Å². The number of amides is 1. The maximum Gasteiger partial charge on any atom is 0.338 e. The third-order valence-electron chi connectivity index (χ3n) is 2.52. The van der Waals surface area contributed by atoms with Crippen LogP contribution in [0.4, 0.5) is 5.69 Å². The van der Waals surface area contributed by atoms with Crippen LogP contribution in [0.2, 0.25) is 0 Å². The Morgan fingerprint density at radius 1 is 1.05 bits per heavy atom. The summed E-state index contributed by atoms with van der Waals surface area (Å²) < 4.78 is 9.62. The number of ether oxygens (including phenoxy) is 2. The summed E-state index contributed by atoms with van der Waals surface area (Å²) in [5.41, 5.74) is 0.842. The standard InChI is InChI=1S/C15H19NO5/c1-3-20-14(18)9-8-13(17)16-12-7-5-6-11(10-12)15(19)21-4-2/h5-7,10H,3-4,8-9H2,1-2H3,(H,16,17). The van der Waals surface area contributed by atoms with Crippen molar-refractivity contribution in [2.24, 2.45) is 0 Å². The molecule has 0 heterocycles. The Labute approximate surface area is 123 Å². The molecule has 0 radical (unpaired) electrons. The molecule has 0 fully saturated rings. The molecule has 1 N–H and O–H groups in total. The number of esters is 2. The quantitative estimate of drug-likeness (QED) is 0.779. The molecule has 0 spiro atoms. The van der Waals surface area contributed by atoms with Gasteiger partial charge in [0.05, 0.1) is 25.2 Å². The summed E-state index contributed by atoms with van der Waals surface area (Å²) in [6.07, 6.45) is 0.0553. The highest BCUT2D eigenvalue weighted by Crippen LogP contribution is 2.12. The second-order valence-electron chi connectivity index (χ2n) is 4.15. The predicted molar refractivity (Wildman–Crippen MR) is 76.9 cm³/mol. The number of anilines is 1. The van der Waals surface area contributed by atoms with Crippen molar-refractivity contribution in [3.05, 3.63) is 29.8 Å². The Morgan fingerprint density at radius 3 is 2.43 bits per heavy atom. The van der Waals surface area contributed by atoms with E-state index >= 15 is 0 Å². The van der Waals surface area contributed by atoms with Crippen LogP contribution in [-0.2, 0) is 19.1 Å². The maximum atomic E-state index is 11.7. The van der Waals surface area contributed by atoms with Crippen LogP contribution < -0.4 is 5.32 Å². The maximum absolute atomic E-state index is 11.7. The van der Waals surface area contributed by atoms with Gasteiger partial charge in [-0.15, -0.1) is 0 Å². The summed E-state index contributed by atoms with van der Waals surface area (Å²) in [6, 6.07) is 6.44. The summed E-state index contributed by atoms with van der Waals surface area (Å²) in [7, 11) is 0. The molecule has 0 atom stereocenters.